The molecule has 1 aromatic heterocycles. The van der Waals surface area contributed by atoms with Crippen molar-refractivity contribution in [3.63, 3.8) is 0 Å². The number of nitrogens with one attached hydrogen (secondary N) is 3. The van der Waals surface area contributed by atoms with E-state index in [0.29, 0.717) is 0 Å². The number of aryl methyl sites for hydroxylation is 1. The third-order valence-corrected chi connectivity index (χ3v) is 6.62. The highest BCUT2D eigenvalue weighted by Crippen LogP contribution is 2.34. The predicted molar refractivity (Wildman–Crippen MR) is 127 cm³/mol. The van der Waals surface area contributed by atoms with Crippen LogP contribution in [0.2, 0.25) is 0 Å². The maximum absolute atomic E-state index is 13.4. The van der Waals surface area contributed by atoms with Crippen LogP contribution in [0.5, 0.6) is 0 Å². The van der Waals surface area contributed by atoms with Gasteiger partial charge in [0, 0.05) is 17.3 Å². The molecule has 0 saturated carbocycles. The molecule has 2 aliphatic rings. The van der Waals surface area contributed by atoms with E-state index in [-0.39, 0.29) is 17.4 Å². The monoisotopic (exact) mass is 432 g/mol. The number of anilines is 1. The molecule has 0 bridgehead atoms. The molecule has 0 saturated heterocycles. The molecule has 2 heterocycles. The lowest BCUT2D eigenvalue weighted by atomic mass is 9.88. The van der Waals surface area contributed by atoms with Crippen LogP contribution in [0.3, 0.4) is 0 Å². The second-order valence-corrected chi connectivity index (χ2v) is 8.82. The molecule has 1 aliphatic heterocycles. The van der Waals surface area contributed by atoms with Gasteiger partial charge in [0.25, 0.3) is 0 Å². The quantitative estimate of drug-likeness (QED) is 0.506. The Hall–Kier alpha value is -2.99. The number of hydrogen-bond acceptors (Lipinski definition) is 5. The lowest BCUT2D eigenvalue weighted by Crippen LogP contribution is -2.28. The normalized spacial score (nSPS) is 20.1. The largest absolute Gasteiger partial charge is 0.363 e. The summed E-state index contributed by atoms with van der Waals surface area (Å²) in [6, 6.07) is 19.6. The molecule has 31 heavy (non-hydrogen) atoms. The number of halogens is 1. The Kier molecular flexibility index (Phi) is 5.55. The average molecular weight is 433 g/mol. The first-order valence-corrected chi connectivity index (χ1v) is 11.9. The Morgan fingerprint density at radius 2 is 1.77 bits per heavy atom. The van der Waals surface area contributed by atoms with Crippen molar-refractivity contribution >= 4 is 29.0 Å². The predicted octanol–water partition coefficient (Wildman–Crippen LogP) is 5.38. The van der Waals surface area contributed by atoms with Gasteiger partial charge in [0.2, 0.25) is 0 Å². The fourth-order valence-electron chi connectivity index (χ4n) is 4.38. The van der Waals surface area contributed by atoms with E-state index in [4.69, 9.17) is 0 Å². The molecule has 3 N–H and O–H groups in total. The number of nitrogens with zero attached hydrogens (tertiary/aromatic N) is 1. The van der Waals surface area contributed by atoms with E-state index in [1.54, 1.807) is 23.9 Å². The average Bonchev–Trinajstić information content (AvgIpc) is 3.25. The highest BCUT2D eigenvalue weighted by Gasteiger charge is 2.25. The number of fused-ring (bicyclic) bond motifs is 1. The van der Waals surface area contributed by atoms with Gasteiger partial charge in [-0.3, -0.25) is 0 Å². The van der Waals surface area contributed by atoms with Crippen molar-refractivity contribution in [3.8, 4) is 0 Å². The summed E-state index contributed by atoms with van der Waals surface area (Å²) in [6.07, 6.45) is 7.31. The maximum Gasteiger partial charge on any atom is 0.145 e. The van der Waals surface area contributed by atoms with Crippen LogP contribution >= 0.6 is 11.8 Å². The van der Waals surface area contributed by atoms with E-state index in [0.717, 1.165) is 41.2 Å². The number of pyridine rings is 1. The molecule has 0 fully saturated rings. The highest BCUT2D eigenvalue weighted by molar-refractivity contribution is 7.99. The van der Waals surface area contributed by atoms with Gasteiger partial charge in [-0.2, -0.15) is 0 Å². The molecule has 5 rings (SSSR count). The van der Waals surface area contributed by atoms with E-state index >= 15 is 0 Å². The van der Waals surface area contributed by atoms with Gasteiger partial charge in [-0.25, -0.2) is 9.37 Å². The third-order valence-electron chi connectivity index (χ3n) is 5.91. The number of thioether (sulfide) groups is 1. The minimum Gasteiger partial charge on any atom is -0.363 e. The fourth-order valence-corrected chi connectivity index (χ4v) is 4.85. The van der Waals surface area contributed by atoms with Gasteiger partial charge >= 0.3 is 0 Å². The first-order valence-electron chi connectivity index (χ1n) is 10.6. The van der Waals surface area contributed by atoms with Crippen LogP contribution in [-0.4, -0.2) is 16.7 Å². The van der Waals surface area contributed by atoms with Crippen molar-refractivity contribution in [2.24, 2.45) is 0 Å². The zero-order valence-corrected chi connectivity index (χ0v) is 18.2. The Morgan fingerprint density at radius 1 is 1.00 bits per heavy atom. The van der Waals surface area contributed by atoms with Crippen molar-refractivity contribution in [1.29, 1.82) is 0 Å². The first kappa shape index (κ1) is 19.9. The van der Waals surface area contributed by atoms with Crippen LogP contribution < -0.4 is 16.0 Å². The molecule has 158 valence electrons. The van der Waals surface area contributed by atoms with Crippen molar-refractivity contribution in [3.05, 3.63) is 94.9 Å². The van der Waals surface area contributed by atoms with Gasteiger partial charge in [-0.15, -0.1) is 11.8 Å². The minimum absolute atomic E-state index is 0.0600. The highest BCUT2D eigenvalue weighted by atomic mass is 32.2. The molecule has 4 nitrogen and oxygen atoms in total. The third kappa shape index (κ3) is 4.12. The van der Waals surface area contributed by atoms with Crippen LogP contribution in [-0.2, 0) is 6.42 Å². The maximum atomic E-state index is 13.4. The second kappa shape index (κ2) is 8.63. The molecule has 2 atom stereocenters. The van der Waals surface area contributed by atoms with Gasteiger partial charge in [-0.1, -0.05) is 24.3 Å². The van der Waals surface area contributed by atoms with Gasteiger partial charge in [0.15, 0.2) is 0 Å². The van der Waals surface area contributed by atoms with Crippen molar-refractivity contribution in [2.45, 2.75) is 30.8 Å². The fraction of sp³-hybridized carbons (Fsp3) is 0.240. The van der Waals surface area contributed by atoms with Crippen molar-refractivity contribution in [2.75, 3.05) is 11.6 Å². The van der Waals surface area contributed by atoms with E-state index in [1.165, 1.54) is 29.7 Å². The number of rotatable bonds is 5. The molecule has 2 aromatic carbocycles. The summed E-state index contributed by atoms with van der Waals surface area (Å²) in [5.74, 6) is 0.626. The summed E-state index contributed by atoms with van der Waals surface area (Å²) in [5.41, 5.74) is 6.83. The summed E-state index contributed by atoms with van der Waals surface area (Å²) in [7, 11) is 0. The van der Waals surface area contributed by atoms with Crippen LogP contribution in [0.25, 0.3) is 11.4 Å². The number of hydrogen-bond donors (Lipinski definition) is 3. The van der Waals surface area contributed by atoms with Gasteiger partial charge in [0.1, 0.15) is 17.1 Å². The summed E-state index contributed by atoms with van der Waals surface area (Å²) in [5, 5.41) is 10.7. The molecule has 1 aliphatic carbocycles. The molecule has 0 amide bonds. The van der Waals surface area contributed by atoms with Crippen LogP contribution in [0.1, 0.15) is 41.1 Å². The minimum atomic E-state index is -0.235. The topological polar surface area (TPSA) is 49.0 Å². The van der Waals surface area contributed by atoms with E-state index in [2.05, 4.69) is 57.5 Å². The van der Waals surface area contributed by atoms with Gasteiger partial charge < -0.3 is 16.0 Å². The smallest absolute Gasteiger partial charge is 0.145 e. The standard InChI is InChI=1S/C25H25FN4S/c1-31-25-29-23(17-9-11-19(26)12-10-17)24(30-25)18-13-14-27-22(15-18)28-21-8-4-6-16-5-2-3-7-20(16)21/h2-3,5,7,9-15,21,25,29-30H,4,6,8H2,1H3,(H,27,28). The Balaban J connectivity index is 1.46. The molecule has 0 radical (unpaired) electrons. The summed E-state index contributed by atoms with van der Waals surface area (Å²) in [4.78, 5) is 4.59. The molecule has 6 heteroatoms. The van der Waals surface area contributed by atoms with E-state index in [1.807, 2.05) is 12.3 Å². The molecular weight excluding hydrogens is 407 g/mol. The molecular formula is C25H25FN4S. The zero-order valence-electron chi connectivity index (χ0n) is 17.4. The number of aromatic nitrogens is 1. The Bertz CT molecular complexity index is 1110. The summed E-state index contributed by atoms with van der Waals surface area (Å²) < 4.78 is 13.4. The van der Waals surface area contributed by atoms with Crippen molar-refractivity contribution in [1.82, 2.24) is 15.6 Å². The molecule has 2 unspecified atom stereocenters. The second-order valence-electron chi connectivity index (χ2n) is 7.88. The molecule has 0 spiro atoms. The van der Waals surface area contributed by atoms with Crippen LogP contribution in [0, 0.1) is 5.82 Å². The zero-order chi connectivity index (χ0) is 21.2. The van der Waals surface area contributed by atoms with Gasteiger partial charge in [0.05, 0.1) is 17.4 Å². The van der Waals surface area contributed by atoms with Crippen LogP contribution in [0.15, 0.2) is 66.9 Å². The van der Waals surface area contributed by atoms with E-state index < -0.39 is 0 Å². The van der Waals surface area contributed by atoms with Crippen LogP contribution in [0.4, 0.5) is 10.2 Å². The lowest BCUT2D eigenvalue weighted by molar-refractivity contribution is 0.598. The lowest BCUT2D eigenvalue weighted by Gasteiger charge is -2.27. The summed E-state index contributed by atoms with van der Waals surface area (Å²) >= 11 is 1.69. The summed E-state index contributed by atoms with van der Waals surface area (Å²) in [6.45, 7) is 0. The van der Waals surface area contributed by atoms with Crippen molar-refractivity contribution < 1.29 is 4.39 Å². The van der Waals surface area contributed by atoms with E-state index in [9.17, 15) is 4.39 Å². The Labute approximate surface area is 186 Å². The molecule has 3 aromatic rings. The van der Waals surface area contributed by atoms with Gasteiger partial charge in [-0.05, 0) is 73.0 Å². The first-order chi connectivity index (χ1) is 15.2. The number of benzene rings is 2. The SMILES string of the molecule is CSC1NC(c2ccc(F)cc2)=C(c2ccnc(NC3CCCc4ccccc43)c2)N1. The Morgan fingerprint density at radius 3 is 2.58 bits per heavy atom.